The van der Waals surface area contributed by atoms with Crippen molar-refractivity contribution < 1.29 is 9.50 Å². The third-order valence-corrected chi connectivity index (χ3v) is 3.61. The minimum atomic E-state index is -0.263. The number of aliphatic hydroxyl groups is 1. The molecule has 4 heteroatoms. The van der Waals surface area contributed by atoms with Crippen molar-refractivity contribution in [1.29, 1.82) is 0 Å². The van der Waals surface area contributed by atoms with Crippen molar-refractivity contribution in [3.05, 3.63) is 77.7 Å². The predicted molar refractivity (Wildman–Crippen MR) is 85.1 cm³/mol. The molecule has 1 aromatic heterocycles. The maximum absolute atomic E-state index is 13.1. The van der Waals surface area contributed by atoms with Crippen LogP contribution in [0.3, 0.4) is 0 Å². The number of aliphatic hydroxyl groups excluding tert-OH is 1. The lowest BCUT2D eigenvalue weighted by molar-refractivity contribution is 0.288. The third kappa shape index (κ3) is 3.13. The van der Waals surface area contributed by atoms with Crippen molar-refractivity contribution in [3.63, 3.8) is 0 Å². The number of hydrogen-bond donors (Lipinski definition) is 2. The molecular weight excluding hydrogens is 279 g/mol. The Morgan fingerprint density at radius 3 is 2.59 bits per heavy atom. The summed E-state index contributed by atoms with van der Waals surface area (Å²) in [5, 5.41) is 13.4. The average Bonchev–Trinajstić information content (AvgIpc) is 2.56. The van der Waals surface area contributed by atoms with Gasteiger partial charge in [-0.25, -0.2) is 4.39 Å². The van der Waals surface area contributed by atoms with Crippen molar-refractivity contribution in [2.24, 2.45) is 0 Å². The van der Waals surface area contributed by atoms with Crippen LogP contribution in [0.1, 0.15) is 17.2 Å². The Hall–Kier alpha value is -2.30. The number of para-hydroxylation sites is 1. The SMILES string of the molecule is OCCNC(c1ccc(F)cc1)c1cnc2ccccc2c1. The first-order valence-electron chi connectivity index (χ1n) is 7.22. The standard InChI is InChI=1S/C18H17FN2O/c19-16-7-5-13(6-8-16)18(20-9-10-22)15-11-14-3-1-2-4-17(14)21-12-15/h1-8,11-12,18,20,22H,9-10H2. The summed E-state index contributed by atoms with van der Waals surface area (Å²) in [5.74, 6) is -0.263. The quantitative estimate of drug-likeness (QED) is 0.760. The van der Waals surface area contributed by atoms with E-state index in [2.05, 4.69) is 16.4 Å². The van der Waals surface area contributed by atoms with Gasteiger partial charge in [-0.3, -0.25) is 4.98 Å². The molecule has 3 nitrogen and oxygen atoms in total. The topological polar surface area (TPSA) is 45.1 Å². The second-order valence-electron chi connectivity index (χ2n) is 5.12. The monoisotopic (exact) mass is 296 g/mol. The summed E-state index contributed by atoms with van der Waals surface area (Å²) in [4.78, 5) is 4.48. The van der Waals surface area contributed by atoms with Gasteiger partial charge in [0.25, 0.3) is 0 Å². The number of halogens is 1. The zero-order valence-corrected chi connectivity index (χ0v) is 12.0. The fourth-order valence-corrected chi connectivity index (χ4v) is 2.54. The van der Waals surface area contributed by atoms with Crippen LogP contribution >= 0.6 is 0 Å². The van der Waals surface area contributed by atoms with Crippen LogP contribution in [0.5, 0.6) is 0 Å². The Balaban J connectivity index is 2.01. The van der Waals surface area contributed by atoms with Crippen LogP contribution < -0.4 is 5.32 Å². The van der Waals surface area contributed by atoms with E-state index in [9.17, 15) is 4.39 Å². The zero-order valence-electron chi connectivity index (χ0n) is 12.0. The van der Waals surface area contributed by atoms with Gasteiger partial charge in [0, 0.05) is 18.1 Å². The van der Waals surface area contributed by atoms with E-state index in [1.54, 1.807) is 12.1 Å². The van der Waals surface area contributed by atoms with Crippen LogP contribution in [0.2, 0.25) is 0 Å². The van der Waals surface area contributed by atoms with Gasteiger partial charge in [-0.2, -0.15) is 0 Å². The fraction of sp³-hybridized carbons (Fsp3) is 0.167. The zero-order chi connectivity index (χ0) is 15.4. The molecule has 0 aliphatic heterocycles. The number of pyridine rings is 1. The van der Waals surface area contributed by atoms with Crippen LogP contribution in [0.25, 0.3) is 10.9 Å². The maximum Gasteiger partial charge on any atom is 0.123 e. The smallest absolute Gasteiger partial charge is 0.123 e. The molecule has 0 saturated carbocycles. The maximum atomic E-state index is 13.1. The third-order valence-electron chi connectivity index (χ3n) is 3.61. The van der Waals surface area contributed by atoms with Crippen LogP contribution in [-0.2, 0) is 0 Å². The number of aromatic nitrogens is 1. The molecule has 1 unspecified atom stereocenters. The summed E-state index contributed by atoms with van der Waals surface area (Å²) < 4.78 is 13.1. The number of rotatable bonds is 5. The molecule has 1 heterocycles. The Labute approximate surface area is 128 Å². The summed E-state index contributed by atoms with van der Waals surface area (Å²) in [6.45, 7) is 0.494. The molecular formula is C18H17FN2O. The van der Waals surface area contributed by atoms with Crippen LogP contribution in [-0.4, -0.2) is 23.2 Å². The summed E-state index contributed by atoms with van der Waals surface area (Å²) in [6, 6.07) is 16.2. The first kappa shape index (κ1) is 14.6. The molecule has 112 valence electrons. The molecule has 0 bridgehead atoms. The van der Waals surface area contributed by atoms with E-state index in [1.807, 2.05) is 30.5 Å². The normalized spacial score (nSPS) is 12.5. The van der Waals surface area contributed by atoms with Gasteiger partial charge >= 0.3 is 0 Å². The van der Waals surface area contributed by atoms with Gasteiger partial charge < -0.3 is 10.4 Å². The molecule has 3 aromatic rings. The van der Waals surface area contributed by atoms with Crippen molar-refractivity contribution in [3.8, 4) is 0 Å². The Morgan fingerprint density at radius 2 is 1.82 bits per heavy atom. The number of fused-ring (bicyclic) bond motifs is 1. The van der Waals surface area contributed by atoms with Gasteiger partial charge in [0.2, 0.25) is 0 Å². The molecule has 0 aliphatic carbocycles. The highest BCUT2D eigenvalue weighted by Gasteiger charge is 2.14. The van der Waals surface area contributed by atoms with Crippen molar-refractivity contribution >= 4 is 10.9 Å². The molecule has 2 N–H and O–H groups in total. The molecule has 0 saturated heterocycles. The van der Waals surface area contributed by atoms with Crippen molar-refractivity contribution in [2.45, 2.75) is 6.04 Å². The second-order valence-corrected chi connectivity index (χ2v) is 5.12. The highest BCUT2D eigenvalue weighted by atomic mass is 19.1. The average molecular weight is 296 g/mol. The van der Waals surface area contributed by atoms with Gasteiger partial charge in [0.05, 0.1) is 18.2 Å². The minimum absolute atomic E-state index is 0.0404. The van der Waals surface area contributed by atoms with Crippen molar-refractivity contribution in [1.82, 2.24) is 10.3 Å². The first-order chi connectivity index (χ1) is 10.8. The Bertz CT molecular complexity index is 758. The van der Waals surface area contributed by atoms with E-state index in [-0.39, 0.29) is 18.5 Å². The molecule has 0 amide bonds. The summed E-state index contributed by atoms with van der Waals surface area (Å²) in [5.41, 5.74) is 2.86. The number of hydrogen-bond acceptors (Lipinski definition) is 3. The largest absolute Gasteiger partial charge is 0.395 e. The number of nitrogens with one attached hydrogen (secondary N) is 1. The van der Waals surface area contributed by atoms with Crippen LogP contribution in [0, 0.1) is 5.82 Å². The van der Waals surface area contributed by atoms with Crippen molar-refractivity contribution in [2.75, 3.05) is 13.2 Å². The second kappa shape index (κ2) is 6.64. The molecule has 0 radical (unpaired) electrons. The Morgan fingerprint density at radius 1 is 1.05 bits per heavy atom. The van der Waals surface area contributed by atoms with Crippen LogP contribution in [0.15, 0.2) is 60.8 Å². The molecule has 0 spiro atoms. The van der Waals surface area contributed by atoms with E-state index in [0.29, 0.717) is 6.54 Å². The fourth-order valence-electron chi connectivity index (χ4n) is 2.54. The first-order valence-corrected chi connectivity index (χ1v) is 7.22. The number of benzene rings is 2. The minimum Gasteiger partial charge on any atom is -0.395 e. The lowest BCUT2D eigenvalue weighted by atomic mass is 9.98. The van der Waals surface area contributed by atoms with Gasteiger partial charge in [-0.1, -0.05) is 30.3 Å². The van der Waals surface area contributed by atoms with E-state index >= 15 is 0 Å². The molecule has 2 aromatic carbocycles. The van der Waals surface area contributed by atoms with E-state index < -0.39 is 0 Å². The molecule has 22 heavy (non-hydrogen) atoms. The molecule has 0 aliphatic rings. The van der Waals surface area contributed by atoms with E-state index in [0.717, 1.165) is 22.0 Å². The molecule has 0 fully saturated rings. The van der Waals surface area contributed by atoms with E-state index in [1.165, 1.54) is 12.1 Å². The van der Waals surface area contributed by atoms with Gasteiger partial charge in [0.15, 0.2) is 0 Å². The van der Waals surface area contributed by atoms with Crippen LogP contribution in [0.4, 0.5) is 4.39 Å². The van der Waals surface area contributed by atoms with E-state index in [4.69, 9.17) is 5.11 Å². The molecule has 3 rings (SSSR count). The lowest BCUT2D eigenvalue weighted by Gasteiger charge is -2.19. The highest BCUT2D eigenvalue weighted by molar-refractivity contribution is 5.78. The van der Waals surface area contributed by atoms with Gasteiger partial charge in [0.1, 0.15) is 5.82 Å². The lowest BCUT2D eigenvalue weighted by Crippen LogP contribution is -2.25. The molecule has 1 atom stereocenters. The summed E-state index contributed by atoms with van der Waals surface area (Å²) in [6.07, 6.45) is 1.82. The number of nitrogens with zero attached hydrogens (tertiary/aromatic N) is 1. The van der Waals surface area contributed by atoms with Gasteiger partial charge in [-0.15, -0.1) is 0 Å². The van der Waals surface area contributed by atoms with Gasteiger partial charge in [-0.05, 0) is 35.4 Å². The highest BCUT2D eigenvalue weighted by Crippen LogP contribution is 2.24. The summed E-state index contributed by atoms with van der Waals surface area (Å²) >= 11 is 0. The predicted octanol–water partition coefficient (Wildman–Crippen LogP) is 3.05. The Kier molecular flexibility index (Phi) is 4.42. The summed E-state index contributed by atoms with van der Waals surface area (Å²) in [7, 11) is 0.